The molecule has 0 spiro atoms. The minimum Gasteiger partial charge on any atom is -0.493 e. The Morgan fingerprint density at radius 3 is 2.72 bits per heavy atom. The standard InChI is InChI=1S/C23H22ClNO5S2/c1-3-10-29-21(26)13-25-22(27)20(32-23(25)31)12-15-8-9-18(19(11-15)28-2)30-14-16-6-4-5-7-17(16)24/h4-9,11-12H,3,10,13-14H2,1-2H3. The Balaban J connectivity index is 1.71. The van der Waals surface area contributed by atoms with Crippen LogP contribution in [0.3, 0.4) is 0 Å². The molecule has 0 N–H and O–H groups in total. The Labute approximate surface area is 201 Å². The van der Waals surface area contributed by atoms with Gasteiger partial charge in [0.25, 0.3) is 5.91 Å². The van der Waals surface area contributed by atoms with Crippen LogP contribution < -0.4 is 9.47 Å². The number of nitrogens with zero attached hydrogens (tertiary/aromatic N) is 1. The fourth-order valence-corrected chi connectivity index (χ4v) is 4.29. The largest absolute Gasteiger partial charge is 0.493 e. The van der Waals surface area contributed by atoms with E-state index in [1.807, 2.05) is 31.2 Å². The molecule has 1 aliphatic rings. The third-order valence-corrected chi connectivity index (χ3v) is 6.20. The maximum atomic E-state index is 12.7. The molecule has 9 heteroatoms. The number of thiocarbonyl (C=S) groups is 1. The van der Waals surface area contributed by atoms with E-state index < -0.39 is 5.97 Å². The molecule has 32 heavy (non-hydrogen) atoms. The van der Waals surface area contributed by atoms with Crippen LogP contribution in [0.1, 0.15) is 24.5 Å². The van der Waals surface area contributed by atoms with E-state index in [2.05, 4.69) is 0 Å². The highest BCUT2D eigenvalue weighted by molar-refractivity contribution is 8.26. The SMILES string of the molecule is CCCOC(=O)CN1C(=O)C(=Cc2ccc(OCc3ccccc3Cl)c(OC)c2)SC1=S. The predicted octanol–water partition coefficient (Wildman–Crippen LogP) is 5.08. The van der Waals surface area contributed by atoms with E-state index in [1.54, 1.807) is 31.4 Å². The zero-order valence-corrected chi connectivity index (χ0v) is 20.0. The van der Waals surface area contributed by atoms with E-state index in [-0.39, 0.29) is 12.5 Å². The van der Waals surface area contributed by atoms with Crippen molar-refractivity contribution in [1.82, 2.24) is 4.90 Å². The van der Waals surface area contributed by atoms with Crippen LogP contribution in [0.15, 0.2) is 47.4 Å². The number of benzene rings is 2. The molecular weight excluding hydrogens is 470 g/mol. The Hall–Kier alpha value is -2.55. The molecule has 168 valence electrons. The van der Waals surface area contributed by atoms with E-state index in [9.17, 15) is 9.59 Å². The minimum absolute atomic E-state index is 0.194. The molecule has 0 bridgehead atoms. The van der Waals surface area contributed by atoms with Gasteiger partial charge < -0.3 is 14.2 Å². The third kappa shape index (κ3) is 6.03. The van der Waals surface area contributed by atoms with Gasteiger partial charge in [0, 0.05) is 10.6 Å². The van der Waals surface area contributed by atoms with Crippen molar-refractivity contribution in [2.45, 2.75) is 20.0 Å². The van der Waals surface area contributed by atoms with Gasteiger partial charge in [-0.1, -0.05) is 66.8 Å². The van der Waals surface area contributed by atoms with Crippen molar-refractivity contribution in [2.75, 3.05) is 20.3 Å². The lowest BCUT2D eigenvalue weighted by molar-refractivity contribution is -0.146. The van der Waals surface area contributed by atoms with Crippen molar-refractivity contribution in [3.63, 3.8) is 0 Å². The van der Waals surface area contributed by atoms with Crippen molar-refractivity contribution in [2.24, 2.45) is 0 Å². The second kappa shape index (κ2) is 11.4. The number of rotatable bonds is 9. The Morgan fingerprint density at radius 2 is 2.00 bits per heavy atom. The molecule has 1 fully saturated rings. The van der Waals surface area contributed by atoms with Gasteiger partial charge in [0.1, 0.15) is 17.5 Å². The molecule has 0 radical (unpaired) electrons. The molecule has 0 atom stereocenters. The summed E-state index contributed by atoms with van der Waals surface area (Å²) in [6, 6.07) is 12.8. The number of methoxy groups -OCH3 is 1. The topological polar surface area (TPSA) is 65.1 Å². The fourth-order valence-electron chi connectivity index (χ4n) is 2.84. The number of ether oxygens (including phenoxy) is 3. The van der Waals surface area contributed by atoms with Crippen LogP contribution in [0.2, 0.25) is 5.02 Å². The summed E-state index contributed by atoms with van der Waals surface area (Å²) in [5.74, 6) is 0.262. The first-order chi connectivity index (χ1) is 15.4. The zero-order valence-electron chi connectivity index (χ0n) is 17.6. The molecule has 2 aromatic carbocycles. The lowest BCUT2D eigenvalue weighted by Gasteiger charge is -2.13. The number of esters is 1. The maximum Gasteiger partial charge on any atom is 0.326 e. The van der Waals surface area contributed by atoms with Crippen LogP contribution in [0.25, 0.3) is 6.08 Å². The summed E-state index contributed by atoms with van der Waals surface area (Å²) in [6.45, 7) is 2.31. The summed E-state index contributed by atoms with van der Waals surface area (Å²) in [6.07, 6.45) is 2.42. The third-order valence-electron chi connectivity index (χ3n) is 4.45. The van der Waals surface area contributed by atoms with Gasteiger partial charge in [-0.3, -0.25) is 14.5 Å². The monoisotopic (exact) mass is 491 g/mol. The molecule has 6 nitrogen and oxygen atoms in total. The molecule has 2 aromatic rings. The van der Waals surface area contributed by atoms with Gasteiger partial charge in [0.2, 0.25) is 0 Å². The van der Waals surface area contributed by atoms with Gasteiger partial charge >= 0.3 is 5.97 Å². The van der Waals surface area contributed by atoms with E-state index in [4.69, 9.17) is 38.0 Å². The summed E-state index contributed by atoms with van der Waals surface area (Å²) in [7, 11) is 1.54. The Kier molecular flexibility index (Phi) is 8.55. The smallest absolute Gasteiger partial charge is 0.326 e. The number of hydrogen-bond donors (Lipinski definition) is 0. The van der Waals surface area contributed by atoms with Crippen LogP contribution >= 0.6 is 35.6 Å². The molecule has 1 aliphatic heterocycles. The molecule has 1 saturated heterocycles. The second-order valence-corrected chi connectivity index (χ2v) is 8.86. The van der Waals surface area contributed by atoms with Gasteiger partial charge in [0.15, 0.2) is 11.5 Å². The van der Waals surface area contributed by atoms with Gasteiger partial charge in [-0.05, 0) is 36.3 Å². The van der Waals surface area contributed by atoms with Crippen molar-refractivity contribution in [3.8, 4) is 11.5 Å². The number of thioether (sulfide) groups is 1. The van der Waals surface area contributed by atoms with E-state index >= 15 is 0 Å². The van der Waals surface area contributed by atoms with E-state index in [0.717, 1.165) is 22.9 Å². The summed E-state index contributed by atoms with van der Waals surface area (Å²) in [4.78, 5) is 26.3. The highest BCUT2D eigenvalue weighted by atomic mass is 35.5. The van der Waals surface area contributed by atoms with Crippen LogP contribution in [-0.4, -0.2) is 41.4 Å². The molecule has 0 aliphatic carbocycles. The highest BCUT2D eigenvalue weighted by Crippen LogP contribution is 2.35. The Morgan fingerprint density at radius 1 is 1.22 bits per heavy atom. The summed E-state index contributed by atoms with van der Waals surface area (Å²) in [5.41, 5.74) is 1.60. The number of hydrogen-bond acceptors (Lipinski definition) is 7. The molecule has 1 heterocycles. The van der Waals surface area contributed by atoms with Crippen molar-refractivity contribution in [3.05, 3.63) is 63.5 Å². The average Bonchev–Trinajstić information content (AvgIpc) is 3.04. The van der Waals surface area contributed by atoms with Gasteiger partial charge in [-0.15, -0.1) is 0 Å². The van der Waals surface area contributed by atoms with Crippen LogP contribution in [0.5, 0.6) is 11.5 Å². The first-order valence-electron chi connectivity index (χ1n) is 9.88. The molecule has 3 rings (SSSR count). The molecule has 0 aromatic heterocycles. The number of amides is 1. The van der Waals surface area contributed by atoms with Gasteiger partial charge in [-0.25, -0.2) is 0 Å². The van der Waals surface area contributed by atoms with Crippen LogP contribution in [-0.2, 0) is 20.9 Å². The predicted molar refractivity (Wildman–Crippen MR) is 130 cm³/mol. The molecular formula is C23H22ClNO5S2. The van der Waals surface area contributed by atoms with Crippen LogP contribution in [0, 0.1) is 0 Å². The first kappa shape index (κ1) is 24.1. The molecule has 0 unspecified atom stereocenters. The number of carbonyl (C=O) groups is 2. The first-order valence-corrected chi connectivity index (χ1v) is 11.5. The zero-order chi connectivity index (χ0) is 23.1. The maximum absolute atomic E-state index is 12.7. The van der Waals surface area contributed by atoms with Gasteiger partial charge in [0.05, 0.1) is 18.6 Å². The lowest BCUT2D eigenvalue weighted by Crippen LogP contribution is -2.34. The molecule has 1 amide bonds. The van der Waals surface area contributed by atoms with E-state index in [0.29, 0.717) is 45.4 Å². The lowest BCUT2D eigenvalue weighted by atomic mass is 10.1. The minimum atomic E-state index is -0.480. The average molecular weight is 492 g/mol. The molecule has 0 saturated carbocycles. The summed E-state index contributed by atoms with van der Waals surface area (Å²) in [5, 5.41) is 0.628. The highest BCUT2D eigenvalue weighted by Gasteiger charge is 2.33. The second-order valence-electron chi connectivity index (χ2n) is 6.78. The number of carbonyl (C=O) groups excluding carboxylic acids is 2. The summed E-state index contributed by atoms with van der Waals surface area (Å²) < 4.78 is 16.7. The normalized spacial score (nSPS) is 14.7. The van der Waals surface area contributed by atoms with Crippen molar-refractivity contribution >= 4 is 57.9 Å². The number of halogens is 1. The fraction of sp³-hybridized carbons (Fsp3) is 0.261. The van der Waals surface area contributed by atoms with Crippen molar-refractivity contribution < 1.29 is 23.8 Å². The van der Waals surface area contributed by atoms with E-state index in [1.165, 1.54) is 4.90 Å². The van der Waals surface area contributed by atoms with Crippen molar-refractivity contribution in [1.29, 1.82) is 0 Å². The van der Waals surface area contributed by atoms with Gasteiger partial charge in [-0.2, -0.15) is 0 Å². The quantitative estimate of drug-likeness (QED) is 0.275. The van der Waals surface area contributed by atoms with Crippen LogP contribution in [0.4, 0.5) is 0 Å². The Bertz CT molecular complexity index is 1060. The summed E-state index contributed by atoms with van der Waals surface area (Å²) >= 11 is 12.6.